The predicted octanol–water partition coefficient (Wildman–Crippen LogP) is 4.05. The topological polar surface area (TPSA) is 0 Å². The summed E-state index contributed by atoms with van der Waals surface area (Å²) in [4.78, 5) is 0. The average Bonchev–Trinajstić information content (AvgIpc) is 2.30. The van der Waals surface area contributed by atoms with Gasteiger partial charge in [0.2, 0.25) is 0 Å². The van der Waals surface area contributed by atoms with E-state index in [1.54, 1.807) is 13.8 Å². The summed E-state index contributed by atoms with van der Waals surface area (Å²) < 4.78 is 0. The molecule has 0 aliphatic heterocycles. The Balaban J connectivity index is -0.0000000447. The van der Waals surface area contributed by atoms with Crippen LogP contribution in [0.15, 0.2) is 0 Å². The molecule has 0 rings (SSSR count). The van der Waals surface area contributed by atoms with Crippen LogP contribution in [0, 0.1) is 62.7 Å². The summed E-state index contributed by atoms with van der Waals surface area (Å²) in [7, 11) is 0. The first-order chi connectivity index (χ1) is 7.74. The summed E-state index contributed by atoms with van der Waals surface area (Å²) in [5, 5.41) is 0. The van der Waals surface area contributed by atoms with Crippen molar-refractivity contribution in [1.82, 2.24) is 0 Å². The van der Waals surface area contributed by atoms with Gasteiger partial charge in [0.05, 0.1) is 0 Å². The third kappa shape index (κ3) is 80.6. The van der Waals surface area contributed by atoms with Crippen LogP contribution in [0.2, 0.25) is 0 Å². The van der Waals surface area contributed by atoms with Gasteiger partial charge in [0, 0.05) is 0 Å². The average molecular weight is 405 g/mol. The van der Waals surface area contributed by atoms with Crippen molar-refractivity contribution < 1.29 is 25.8 Å². The molecule has 0 radical (unpaired) electrons. The number of rotatable bonds is 3. The Labute approximate surface area is 135 Å². The molecule has 0 nitrogen and oxygen atoms in total. The van der Waals surface area contributed by atoms with Gasteiger partial charge in [-0.15, -0.1) is 0 Å². The van der Waals surface area contributed by atoms with E-state index in [-0.39, 0.29) is 33.3 Å². The second-order valence-corrected chi connectivity index (χ2v) is 2.56. The maximum Gasteiger partial charge on any atom is 4.00 e. The minimum Gasteiger partial charge on any atom is -0.358 e. The van der Waals surface area contributed by atoms with E-state index in [2.05, 4.69) is 37.5 Å². The Bertz CT molecular complexity index is 270. The predicted molar refractivity (Wildman–Crippen MR) is 77.1 cm³/mol. The van der Waals surface area contributed by atoms with Crippen molar-refractivity contribution in [3.63, 3.8) is 0 Å². The zero-order valence-corrected chi connectivity index (χ0v) is 15.6. The van der Waals surface area contributed by atoms with Crippen LogP contribution in [-0.2, 0) is 25.8 Å². The molecule has 1 heteroatoms. The van der Waals surface area contributed by atoms with E-state index in [9.17, 15) is 0 Å². The van der Waals surface area contributed by atoms with Crippen LogP contribution in [0.5, 0.6) is 0 Å². The molecule has 0 unspecified atom stereocenters. The summed E-state index contributed by atoms with van der Waals surface area (Å²) in [6.45, 7) is 9.26. The molecule has 0 aromatic carbocycles. The van der Waals surface area contributed by atoms with E-state index < -0.39 is 0 Å². The van der Waals surface area contributed by atoms with Gasteiger partial charge in [-0.3, -0.25) is 23.7 Å². The first-order valence-corrected chi connectivity index (χ1v) is 5.21. The third-order valence-electron chi connectivity index (χ3n) is 1.23. The molecule has 0 aromatic heterocycles. The standard InChI is InChI=1S/C6H13.2C5H3.CH3.Hf/c1-3-5-6-4-2;2*1-3-5-4-2;;/h1,3-6H2,2H3;2*1H3;1H3;/q4*-1;+4. The van der Waals surface area contributed by atoms with E-state index in [1.807, 2.05) is 11.8 Å². The summed E-state index contributed by atoms with van der Waals surface area (Å²) in [5.74, 6) is 13.3. The molecule has 0 N–H and O–H groups in total. The van der Waals surface area contributed by atoms with Crippen LogP contribution < -0.4 is 0 Å². The Hall–Kier alpha value is -0.890. The van der Waals surface area contributed by atoms with Crippen molar-refractivity contribution in [3.8, 4) is 35.5 Å². The minimum absolute atomic E-state index is 0. The van der Waals surface area contributed by atoms with Gasteiger partial charge < -0.3 is 27.2 Å². The second-order valence-electron chi connectivity index (χ2n) is 2.56. The van der Waals surface area contributed by atoms with Gasteiger partial charge in [-0.2, -0.15) is 6.42 Å². The molecule has 0 fully saturated rings. The van der Waals surface area contributed by atoms with Gasteiger partial charge in [-0.05, 0) is 13.8 Å². The van der Waals surface area contributed by atoms with E-state index in [1.165, 1.54) is 19.3 Å². The van der Waals surface area contributed by atoms with E-state index in [4.69, 9.17) is 12.8 Å². The van der Waals surface area contributed by atoms with Crippen molar-refractivity contribution in [3.05, 3.63) is 27.2 Å². The maximum atomic E-state index is 6.18. The first kappa shape index (κ1) is 30.3. The molecule has 0 bridgehead atoms. The zero-order valence-electron chi connectivity index (χ0n) is 12.0. The Morgan fingerprint density at radius 3 is 1.39 bits per heavy atom. The van der Waals surface area contributed by atoms with Gasteiger partial charge in [0.1, 0.15) is 0 Å². The van der Waals surface area contributed by atoms with Crippen molar-refractivity contribution in [2.45, 2.75) is 46.5 Å². The van der Waals surface area contributed by atoms with Crippen LogP contribution in [0.4, 0.5) is 0 Å². The van der Waals surface area contributed by atoms with Crippen LogP contribution in [0.3, 0.4) is 0 Å². The van der Waals surface area contributed by atoms with Crippen LogP contribution in [0.25, 0.3) is 0 Å². The zero-order chi connectivity index (χ0) is 13.1. The van der Waals surface area contributed by atoms with Crippen LogP contribution in [-0.4, -0.2) is 0 Å². The number of hydrogen-bond acceptors (Lipinski definition) is 0. The molecule has 0 amide bonds. The van der Waals surface area contributed by atoms with Gasteiger partial charge in [0.25, 0.3) is 0 Å². The van der Waals surface area contributed by atoms with E-state index >= 15 is 0 Å². The molecular weight excluding hydrogens is 383 g/mol. The Morgan fingerprint density at radius 1 is 0.944 bits per heavy atom. The smallest absolute Gasteiger partial charge is 0.358 e. The van der Waals surface area contributed by atoms with Crippen molar-refractivity contribution >= 4 is 0 Å². The summed E-state index contributed by atoms with van der Waals surface area (Å²) >= 11 is 0. The van der Waals surface area contributed by atoms with Crippen LogP contribution in [0.1, 0.15) is 46.5 Å². The minimum atomic E-state index is 0. The van der Waals surface area contributed by atoms with Crippen molar-refractivity contribution in [1.29, 1.82) is 0 Å². The molecule has 0 spiro atoms. The molecule has 0 atom stereocenters. The summed E-state index contributed by atoms with van der Waals surface area (Å²) in [5.41, 5.74) is 0. The maximum absolute atomic E-state index is 6.18. The molecule has 0 saturated heterocycles. The fourth-order valence-corrected chi connectivity index (χ4v) is 0.552. The number of unbranched alkanes of at least 4 members (excludes halogenated alkanes) is 3. The Kier molecular flexibility index (Phi) is 74.6. The summed E-state index contributed by atoms with van der Waals surface area (Å²) in [6, 6.07) is 0. The molecule has 0 heterocycles. The van der Waals surface area contributed by atoms with Crippen molar-refractivity contribution in [2.24, 2.45) is 0 Å². The van der Waals surface area contributed by atoms with Gasteiger partial charge in [-0.25, -0.2) is 11.8 Å². The largest absolute Gasteiger partial charge is 4.00 e. The molecular formula is C17H22Hf. The van der Waals surface area contributed by atoms with E-state index in [0.29, 0.717) is 0 Å². The molecule has 18 heavy (non-hydrogen) atoms. The summed E-state index contributed by atoms with van der Waals surface area (Å²) in [6.07, 6.45) is 17.4. The quantitative estimate of drug-likeness (QED) is 0.288. The van der Waals surface area contributed by atoms with Gasteiger partial charge >= 0.3 is 25.8 Å². The van der Waals surface area contributed by atoms with E-state index in [0.717, 1.165) is 6.42 Å². The molecule has 0 aliphatic carbocycles. The Morgan fingerprint density at radius 2 is 1.33 bits per heavy atom. The molecule has 0 aromatic rings. The normalized spacial score (nSPS) is 4.78. The fraction of sp³-hybridized carbons (Fsp3) is 0.412. The van der Waals surface area contributed by atoms with Gasteiger partial charge in [-0.1, -0.05) is 26.2 Å². The van der Waals surface area contributed by atoms with Gasteiger partial charge in [0.15, 0.2) is 0 Å². The molecule has 0 aliphatic rings. The SMILES string of the molecule is [C-]#CC#CC.[C-]#CC#CC.[CH2-]CCCCC.[CH3-].[Hf+4]. The monoisotopic (exact) mass is 406 g/mol. The molecule has 0 saturated carbocycles. The second kappa shape index (κ2) is 44.3. The number of hydrogen-bond donors (Lipinski definition) is 0. The third-order valence-corrected chi connectivity index (χ3v) is 1.23. The fourth-order valence-electron chi connectivity index (χ4n) is 0.552. The molecule has 94 valence electrons. The van der Waals surface area contributed by atoms with Crippen molar-refractivity contribution in [2.75, 3.05) is 0 Å². The first-order valence-electron chi connectivity index (χ1n) is 5.21. The van der Waals surface area contributed by atoms with Crippen LogP contribution >= 0.6 is 0 Å².